The van der Waals surface area contributed by atoms with Gasteiger partial charge in [-0.2, -0.15) is 9.61 Å². The van der Waals surface area contributed by atoms with Crippen LogP contribution in [0.25, 0.3) is 27.1 Å². The maximum Gasteiger partial charge on any atom is 0.229 e. The fraction of sp³-hybridized carbons (Fsp3) is 0.136. The molecule has 1 amide bonds. The molecule has 0 saturated heterocycles. The zero-order chi connectivity index (χ0) is 21.7. The summed E-state index contributed by atoms with van der Waals surface area (Å²) in [4.78, 5) is 17.5. The summed E-state index contributed by atoms with van der Waals surface area (Å²) in [6.07, 6.45) is 1.91. The van der Waals surface area contributed by atoms with E-state index in [0.717, 1.165) is 28.0 Å². The summed E-state index contributed by atoms with van der Waals surface area (Å²) < 4.78 is 16.3. The Balaban J connectivity index is 1.29. The number of halogens is 1. The third kappa shape index (κ3) is 3.71. The molecule has 10 heteroatoms. The fourth-order valence-electron chi connectivity index (χ4n) is 3.31. The second-order valence-electron chi connectivity index (χ2n) is 7.50. The summed E-state index contributed by atoms with van der Waals surface area (Å²) in [6.45, 7) is 0. The van der Waals surface area contributed by atoms with Crippen LogP contribution in [-0.4, -0.2) is 30.7 Å². The number of carbonyl (C=O) groups is 1. The van der Waals surface area contributed by atoms with Crippen LogP contribution in [0.1, 0.15) is 12.8 Å². The molecule has 1 aliphatic carbocycles. The van der Waals surface area contributed by atoms with Crippen LogP contribution in [-0.2, 0) is 4.79 Å². The number of nitrogens with one attached hydrogen (secondary N) is 1. The van der Waals surface area contributed by atoms with E-state index < -0.39 is 0 Å². The predicted octanol–water partition coefficient (Wildman–Crippen LogP) is 5.04. The van der Waals surface area contributed by atoms with Crippen LogP contribution in [0.5, 0.6) is 0 Å². The second kappa shape index (κ2) is 7.64. The van der Waals surface area contributed by atoms with E-state index in [-0.39, 0.29) is 17.6 Å². The lowest BCUT2D eigenvalue weighted by Gasteiger charge is -2.03. The van der Waals surface area contributed by atoms with Gasteiger partial charge in [-0.3, -0.25) is 4.79 Å². The minimum Gasteiger partial charge on any atom is -0.302 e. The predicted molar refractivity (Wildman–Crippen MR) is 121 cm³/mol. The largest absolute Gasteiger partial charge is 0.302 e. The third-order valence-electron chi connectivity index (χ3n) is 5.10. The van der Waals surface area contributed by atoms with Gasteiger partial charge in [0.05, 0.1) is 15.9 Å². The van der Waals surface area contributed by atoms with E-state index in [4.69, 9.17) is 0 Å². The number of anilines is 1. The van der Waals surface area contributed by atoms with Gasteiger partial charge >= 0.3 is 0 Å². The first kappa shape index (κ1) is 19.3. The van der Waals surface area contributed by atoms with Crippen molar-refractivity contribution in [1.82, 2.24) is 24.8 Å². The number of amides is 1. The molecule has 0 radical (unpaired) electrons. The lowest BCUT2D eigenvalue weighted by molar-refractivity contribution is -0.117. The summed E-state index contributed by atoms with van der Waals surface area (Å²) >= 11 is 2.88. The van der Waals surface area contributed by atoms with E-state index in [1.54, 1.807) is 16.6 Å². The van der Waals surface area contributed by atoms with Crippen molar-refractivity contribution in [3.8, 4) is 11.3 Å². The number of rotatable bonds is 5. The molecule has 1 aliphatic rings. The first-order valence-electron chi connectivity index (χ1n) is 10.0. The van der Waals surface area contributed by atoms with Crippen molar-refractivity contribution in [2.45, 2.75) is 22.9 Å². The Morgan fingerprint density at radius 1 is 1.12 bits per heavy atom. The average Bonchev–Trinajstić information content (AvgIpc) is 3.47. The quantitative estimate of drug-likeness (QED) is 0.394. The van der Waals surface area contributed by atoms with Crippen molar-refractivity contribution in [3.63, 3.8) is 0 Å². The zero-order valence-electron chi connectivity index (χ0n) is 16.5. The maximum atomic E-state index is 13.6. The van der Waals surface area contributed by atoms with Crippen LogP contribution < -0.4 is 5.32 Å². The number of nitrogens with zero attached hydrogens (tertiary/aromatic N) is 5. The summed E-state index contributed by atoms with van der Waals surface area (Å²) in [6, 6.07) is 15.8. The van der Waals surface area contributed by atoms with Gasteiger partial charge in [-0.15, -0.1) is 10.2 Å². The molecule has 158 valence electrons. The van der Waals surface area contributed by atoms with E-state index >= 15 is 0 Å². The normalized spacial score (nSPS) is 13.7. The second-order valence-corrected chi connectivity index (χ2v) is 9.57. The Bertz CT molecular complexity index is 1490. The molecule has 1 fully saturated rings. The van der Waals surface area contributed by atoms with E-state index in [0.29, 0.717) is 27.2 Å². The molecule has 0 bridgehead atoms. The number of benzene rings is 2. The number of aromatic nitrogens is 5. The highest BCUT2D eigenvalue weighted by atomic mass is 32.2. The molecule has 1 saturated carbocycles. The van der Waals surface area contributed by atoms with Gasteiger partial charge in [0, 0.05) is 16.4 Å². The van der Waals surface area contributed by atoms with E-state index in [1.165, 1.54) is 35.2 Å². The average molecular weight is 463 g/mol. The number of fused-ring (bicyclic) bond motifs is 2. The van der Waals surface area contributed by atoms with Crippen molar-refractivity contribution in [1.29, 1.82) is 0 Å². The topological polar surface area (TPSA) is 85.1 Å². The highest BCUT2D eigenvalue weighted by Gasteiger charge is 2.30. The summed E-state index contributed by atoms with van der Waals surface area (Å²) in [5, 5.41) is 17.2. The molecule has 3 heterocycles. The van der Waals surface area contributed by atoms with Gasteiger partial charge in [0.2, 0.25) is 11.1 Å². The summed E-state index contributed by atoms with van der Waals surface area (Å²) in [5.74, 6) is -0.124. The van der Waals surface area contributed by atoms with Crippen molar-refractivity contribution < 1.29 is 9.18 Å². The van der Waals surface area contributed by atoms with Crippen LogP contribution in [0, 0.1) is 11.7 Å². The van der Waals surface area contributed by atoms with Gasteiger partial charge in [0.1, 0.15) is 5.82 Å². The molecule has 0 atom stereocenters. The Kier molecular flexibility index (Phi) is 4.62. The third-order valence-corrected chi connectivity index (χ3v) is 6.96. The van der Waals surface area contributed by atoms with Crippen LogP contribution >= 0.6 is 23.1 Å². The highest BCUT2D eigenvalue weighted by molar-refractivity contribution is 7.99. The Hall–Kier alpha value is -3.37. The minimum absolute atomic E-state index is 0.0498. The Morgan fingerprint density at radius 2 is 2.03 bits per heavy atom. The molecule has 32 heavy (non-hydrogen) atoms. The van der Waals surface area contributed by atoms with E-state index in [9.17, 15) is 9.18 Å². The number of hydrogen-bond donors (Lipinski definition) is 1. The minimum atomic E-state index is -0.312. The SMILES string of the molecule is O=C(Nc1nc2ccc(Sc3nnc4ccc(-c5cccc(F)c5)nn34)cc2s1)C1CC1. The van der Waals surface area contributed by atoms with Crippen LogP contribution in [0.2, 0.25) is 0 Å². The molecule has 0 aliphatic heterocycles. The lowest BCUT2D eigenvalue weighted by Crippen LogP contribution is -2.12. The van der Waals surface area contributed by atoms with Gasteiger partial charge < -0.3 is 5.32 Å². The van der Waals surface area contributed by atoms with Crippen LogP contribution in [0.4, 0.5) is 9.52 Å². The molecule has 7 nitrogen and oxygen atoms in total. The Morgan fingerprint density at radius 3 is 2.88 bits per heavy atom. The summed E-state index contributed by atoms with van der Waals surface area (Å²) in [7, 11) is 0. The van der Waals surface area contributed by atoms with Gasteiger partial charge in [-0.1, -0.05) is 23.5 Å². The number of carbonyl (C=O) groups excluding carboxylic acids is 1. The van der Waals surface area contributed by atoms with Gasteiger partial charge in [0.15, 0.2) is 10.8 Å². The molecule has 1 N–H and O–H groups in total. The molecule has 0 unspecified atom stereocenters. The molecule has 2 aromatic carbocycles. The summed E-state index contributed by atoms with van der Waals surface area (Å²) in [5.41, 5.74) is 2.76. The van der Waals surface area contributed by atoms with Gasteiger partial charge in [0.25, 0.3) is 0 Å². The molecule has 6 rings (SSSR count). The lowest BCUT2D eigenvalue weighted by atomic mass is 10.1. The van der Waals surface area contributed by atoms with E-state index in [2.05, 4.69) is 25.6 Å². The number of hydrogen-bond acceptors (Lipinski definition) is 7. The van der Waals surface area contributed by atoms with Crippen molar-refractivity contribution in [3.05, 3.63) is 60.4 Å². The molecule has 3 aromatic heterocycles. The first-order chi connectivity index (χ1) is 15.6. The first-order valence-corrected chi connectivity index (χ1v) is 11.6. The molecule has 0 spiro atoms. The van der Waals surface area contributed by atoms with Gasteiger partial charge in [-0.05, 0) is 67.1 Å². The van der Waals surface area contributed by atoms with Crippen LogP contribution in [0.15, 0.2) is 64.6 Å². The van der Waals surface area contributed by atoms with Gasteiger partial charge in [-0.25, -0.2) is 9.37 Å². The van der Waals surface area contributed by atoms with Crippen molar-refractivity contribution >= 4 is 50.0 Å². The molecular formula is C22H15FN6OS2. The Labute approximate surface area is 189 Å². The van der Waals surface area contributed by atoms with Crippen molar-refractivity contribution in [2.24, 2.45) is 5.92 Å². The standard InChI is InChI=1S/C22H15FN6OS2/c23-14-3-1-2-13(10-14)16-8-9-19-26-27-22(29(19)28-16)31-15-6-7-17-18(11-15)32-21(24-17)25-20(30)12-4-5-12/h1-3,6-12H,4-5H2,(H,24,25,30). The monoisotopic (exact) mass is 462 g/mol. The molecule has 5 aromatic rings. The van der Waals surface area contributed by atoms with Crippen molar-refractivity contribution in [2.75, 3.05) is 5.32 Å². The van der Waals surface area contributed by atoms with E-state index in [1.807, 2.05) is 30.3 Å². The van der Waals surface area contributed by atoms with Crippen LogP contribution in [0.3, 0.4) is 0 Å². The maximum absolute atomic E-state index is 13.6. The zero-order valence-corrected chi connectivity index (χ0v) is 18.2. The highest BCUT2D eigenvalue weighted by Crippen LogP contribution is 2.35. The molecular weight excluding hydrogens is 447 g/mol. The number of thiazole rings is 1. The smallest absolute Gasteiger partial charge is 0.229 e. The fourth-order valence-corrected chi connectivity index (χ4v) is 5.12.